The van der Waals surface area contributed by atoms with Crippen LogP contribution in [-0.4, -0.2) is 35.2 Å². The largest absolute Gasteiger partial charge is 0.395 e. The second-order valence-electron chi connectivity index (χ2n) is 3.95. The Kier molecular flexibility index (Phi) is 4.25. The van der Waals surface area contributed by atoms with Gasteiger partial charge in [0.1, 0.15) is 5.01 Å². The van der Waals surface area contributed by atoms with Crippen LogP contribution in [-0.2, 0) is 6.54 Å². The Morgan fingerprint density at radius 1 is 1.29 bits per heavy atom. The van der Waals surface area contributed by atoms with Gasteiger partial charge in [0.15, 0.2) is 0 Å². The molecule has 2 aromatic rings. The second kappa shape index (κ2) is 5.91. The molecular weight excluding hydrogens is 232 g/mol. The average Bonchev–Trinajstić information content (AvgIpc) is 2.79. The highest BCUT2D eigenvalue weighted by molar-refractivity contribution is 7.15. The van der Waals surface area contributed by atoms with Crippen LogP contribution in [0.1, 0.15) is 5.01 Å². The van der Waals surface area contributed by atoms with E-state index in [2.05, 4.69) is 22.0 Å². The SMILES string of the molecule is CN(CCO)Cc1ncc(-c2ccccc2)s1. The average molecular weight is 248 g/mol. The molecule has 0 atom stereocenters. The summed E-state index contributed by atoms with van der Waals surface area (Å²) in [4.78, 5) is 7.67. The van der Waals surface area contributed by atoms with Crippen molar-refractivity contribution < 1.29 is 5.11 Å². The molecule has 1 aromatic heterocycles. The quantitative estimate of drug-likeness (QED) is 0.881. The Balaban J connectivity index is 2.06. The van der Waals surface area contributed by atoms with Gasteiger partial charge in [-0.3, -0.25) is 4.90 Å². The summed E-state index contributed by atoms with van der Waals surface area (Å²) in [5.74, 6) is 0. The highest BCUT2D eigenvalue weighted by Crippen LogP contribution is 2.26. The molecule has 0 saturated carbocycles. The molecule has 3 nitrogen and oxygen atoms in total. The van der Waals surface area contributed by atoms with Gasteiger partial charge in [-0.15, -0.1) is 11.3 Å². The predicted octanol–water partition coefficient (Wildman–Crippen LogP) is 2.23. The standard InChI is InChI=1S/C13H16N2OS/c1-15(7-8-16)10-13-14-9-12(17-13)11-5-3-2-4-6-11/h2-6,9,16H,7-8,10H2,1H3. The lowest BCUT2D eigenvalue weighted by atomic mass is 10.2. The first-order chi connectivity index (χ1) is 8.29. The van der Waals surface area contributed by atoms with Crippen LogP contribution in [0.15, 0.2) is 36.5 Å². The molecule has 0 spiro atoms. The molecule has 1 heterocycles. The molecule has 0 unspecified atom stereocenters. The number of likely N-dealkylation sites (N-methyl/N-ethyl adjacent to an activating group) is 1. The van der Waals surface area contributed by atoms with Crippen LogP contribution in [0.3, 0.4) is 0 Å². The lowest BCUT2D eigenvalue weighted by Crippen LogP contribution is -2.21. The minimum atomic E-state index is 0.188. The summed E-state index contributed by atoms with van der Waals surface area (Å²) in [7, 11) is 1.99. The summed E-state index contributed by atoms with van der Waals surface area (Å²) in [6, 6.07) is 10.3. The molecule has 0 bridgehead atoms. The van der Waals surface area contributed by atoms with Crippen molar-refractivity contribution in [1.29, 1.82) is 0 Å². The molecule has 0 amide bonds. The van der Waals surface area contributed by atoms with Crippen molar-refractivity contribution in [2.24, 2.45) is 0 Å². The summed E-state index contributed by atoms with van der Waals surface area (Å²) in [6.45, 7) is 1.66. The van der Waals surface area contributed by atoms with E-state index in [1.54, 1.807) is 11.3 Å². The van der Waals surface area contributed by atoms with Gasteiger partial charge in [0, 0.05) is 12.7 Å². The van der Waals surface area contributed by atoms with Crippen LogP contribution in [0, 0.1) is 0 Å². The van der Waals surface area contributed by atoms with E-state index in [9.17, 15) is 0 Å². The van der Waals surface area contributed by atoms with Gasteiger partial charge in [0.05, 0.1) is 18.0 Å². The van der Waals surface area contributed by atoms with Gasteiger partial charge in [-0.2, -0.15) is 0 Å². The highest BCUT2D eigenvalue weighted by atomic mass is 32.1. The molecule has 1 N–H and O–H groups in total. The topological polar surface area (TPSA) is 36.4 Å². The van der Waals surface area contributed by atoms with E-state index >= 15 is 0 Å². The molecule has 0 radical (unpaired) electrons. The summed E-state index contributed by atoms with van der Waals surface area (Å²) >= 11 is 1.71. The number of hydrogen-bond acceptors (Lipinski definition) is 4. The molecule has 0 saturated heterocycles. The Labute approximate surface area is 105 Å². The van der Waals surface area contributed by atoms with Crippen molar-refractivity contribution in [3.8, 4) is 10.4 Å². The number of aliphatic hydroxyl groups is 1. The van der Waals surface area contributed by atoms with E-state index in [1.165, 1.54) is 10.4 Å². The van der Waals surface area contributed by atoms with E-state index in [-0.39, 0.29) is 6.61 Å². The van der Waals surface area contributed by atoms with E-state index in [0.29, 0.717) is 6.54 Å². The maximum Gasteiger partial charge on any atom is 0.107 e. The summed E-state index contributed by atoms with van der Waals surface area (Å²) in [6.07, 6.45) is 1.92. The van der Waals surface area contributed by atoms with Crippen LogP contribution in [0.4, 0.5) is 0 Å². The Hall–Kier alpha value is -1.23. The second-order valence-corrected chi connectivity index (χ2v) is 5.06. The van der Waals surface area contributed by atoms with E-state index < -0.39 is 0 Å². The van der Waals surface area contributed by atoms with Crippen molar-refractivity contribution in [3.63, 3.8) is 0 Å². The van der Waals surface area contributed by atoms with Crippen molar-refractivity contribution in [1.82, 2.24) is 9.88 Å². The molecule has 0 aliphatic carbocycles. The molecular formula is C13H16N2OS. The minimum absolute atomic E-state index is 0.188. The van der Waals surface area contributed by atoms with Gasteiger partial charge in [0.2, 0.25) is 0 Å². The summed E-state index contributed by atoms with van der Waals surface area (Å²) in [5.41, 5.74) is 1.21. The summed E-state index contributed by atoms with van der Waals surface area (Å²) < 4.78 is 0. The van der Waals surface area contributed by atoms with Crippen LogP contribution >= 0.6 is 11.3 Å². The van der Waals surface area contributed by atoms with E-state index in [0.717, 1.165) is 11.6 Å². The third-order valence-electron chi connectivity index (χ3n) is 2.50. The summed E-state index contributed by atoms with van der Waals surface area (Å²) in [5, 5.41) is 9.92. The van der Waals surface area contributed by atoms with Crippen molar-refractivity contribution in [2.75, 3.05) is 20.2 Å². The lowest BCUT2D eigenvalue weighted by Gasteiger charge is -2.12. The maximum absolute atomic E-state index is 8.84. The van der Waals surface area contributed by atoms with Crippen molar-refractivity contribution >= 4 is 11.3 Å². The van der Waals surface area contributed by atoms with Gasteiger partial charge < -0.3 is 5.11 Å². The number of aliphatic hydroxyl groups excluding tert-OH is 1. The zero-order valence-corrected chi connectivity index (χ0v) is 10.7. The van der Waals surface area contributed by atoms with Gasteiger partial charge >= 0.3 is 0 Å². The highest BCUT2D eigenvalue weighted by Gasteiger charge is 2.06. The number of rotatable bonds is 5. The predicted molar refractivity (Wildman–Crippen MR) is 71.0 cm³/mol. The molecule has 1 aromatic carbocycles. The zero-order chi connectivity index (χ0) is 12.1. The van der Waals surface area contributed by atoms with Crippen LogP contribution in [0.25, 0.3) is 10.4 Å². The van der Waals surface area contributed by atoms with Gasteiger partial charge in [-0.25, -0.2) is 4.98 Å². The van der Waals surface area contributed by atoms with Crippen LogP contribution in [0.5, 0.6) is 0 Å². The number of thiazole rings is 1. The van der Waals surface area contributed by atoms with Crippen molar-refractivity contribution in [3.05, 3.63) is 41.5 Å². The maximum atomic E-state index is 8.84. The van der Waals surface area contributed by atoms with E-state index in [1.807, 2.05) is 31.4 Å². The Bertz CT molecular complexity index is 455. The molecule has 0 aliphatic heterocycles. The first kappa shape index (κ1) is 12.2. The fourth-order valence-corrected chi connectivity index (χ4v) is 2.60. The Morgan fingerprint density at radius 2 is 2.06 bits per heavy atom. The number of hydrogen-bond donors (Lipinski definition) is 1. The third-order valence-corrected chi connectivity index (χ3v) is 3.53. The normalized spacial score (nSPS) is 11.0. The van der Waals surface area contributed by atoms with Crippen molar-refractivity contribution in [2.45, 2.75) is 6.54 Å². The number of benzene rings is 1. The molecule has 0 aliphatic rings. The smallest absolute Gasteiger partial charge is 0.107 e. The first-order valence-corrected chi connectivity index (χ1v) is 6.41. The molecule has 4 heteroatoms. The molecule has 0 fully saturated rings. The monoisotopic (exact) mass is 248 g/mol. The minimum Gasteiger partial charge on any atom is -0.395 e. The number of aromatic nitrogens is 1. The van der Waals surface area contributed by atoms with E-state index in [4.69, 9.17) is 5.11 Å². The zero-order valence-electron chi connectivity index (χ0n) is 9.84. The number of nitrogens with zero attached hydrogens (tertiary/aromatic N) is 2. The molecule has 90 valence electrons. The van der Waals surface area contributed by atoms with Gasteiger partial charge in [-0.05, 0) is 12.6 Å². The molecule has 17 heavy (non-hydrogen) atoms. The first-order valence-electron chi connectivity index (χ1n) is 5.59. The third kappa shape index (κ3) is 3.36. The van der Waals surface area contributed by atoms with Crippen LogP contribution in [0.2, 0.25) is 0 Å². The molecule has 2 rings (SSSR count). The fourth-order valence-electron chi connectivity index (χ4n) is 1.60. The van der Waals surface area contributed by atoms with Crippen LogP contribution < -0.4 is 0 Å². The van der Waals surface area contributed by atoms with Gasteiger partial charge in [0.25, 0.3) is 0 Å². The lowest BCUT2D eigenvalue weighted by molar-refractivity contribution is 0.217. The fraction of sp³-hybridized carbons (Fsp3) is 0.308. The Morgan fingerprint density at radius 3 is 2.76 bits per heavy atom. The van der Waals surface area contributed by atoms with Gasteiger partial charge in [-0.1, -0.05) is 30.3 Å².